The lowest BCUT2D eigenvalue weighted by Gasteiger charge is -2.40. The first-order valence-electron chi connectivity index (χ1n) is 10.7. The number of rotatable bonds is 5. The fraction of sp³-hybridized carbons (Fsp3) is 0.455. The van der Waals surface area contributed by atoms with Gasteiger partial charge in [0.2, 0.25) is 10.0 Å². The van der Waals surface area contributed by atoms with Crippen LogP contribution < -0.4 is 5.48 Å². The molecule has 0 spiro atoms. The molecule has 2 aliphatic rings. The third kappa shape index (κ3) is 4.80. The van der Waals surface area contributed by atoms with Gasteiger partial charge in [0.1, 0.15) is 11.6 Å². The second-order valence-corrected chi connectivity index (χ2v) is 10.6. The highest BCUT2D eigenvalue weighted by Crippen LogP contribution is 2.37. The molecule has 1 aromatic carbocycles. The van der Waals surface area contributed by atoms with Crippen LogP contribution in [0.2, 0.25) is 0 Å². The number of nitrogens with zero attached hydrogens (tertiary/aromatic N) is 2. The van der Waals surface area contributed by atoms with Crippen molar-refractivity contribution in [1.29, 1.82) is 0 Å². The molecule has 1 aromatic heterocycles. The summed E-state index contributed by atoms with van der Waals surface area (Å²) < 4.78 is 58.8. The number of carbonyl (C=O) groups excluding carboxylic acids is 1. The maximum atomic E-state index is 14.0. The Balaban J connectivity index is 0.00000324. The van der Waals surface area contributed by atoms with Gasteiger partial charge in [0.25, 0.3) is 5.91 Å². The van der Waals surface area contributed by atoms with Crippen LogP contribution in [0.4, 0.5) is 8.78 Å². The Morgan fingerprint density at radius 2 is 1.82 bits per heavy atom. The number of hydrogen-bond acceptors (Lipinski definition) is 6. The van der Waals surface area contributed by atoms with E-state index in [4.69, 9.17) is 9.94 Å². The summed E-state index contributed by atoms with van der Waals surface area (Å²) in [4.78, 5) is 16.8. The summed E-state index contributed by atoms with van der Waals surface area (Å²) in [5, 5.41) is 9.17. The van der Waals surface area contributed by atoms with Crippen molar-refractivity contribution >= 4 is 28.3 Å². The van der Waals surface area contributed by atoms with Gasteiger partial charge >= 0.3 is 0 Å². The van der Waals surface area contributed by atoms with Crippen LogP contribution >= 0.6 is 12.4 Å². The summed E-state index contributed by atoms with van der Waals surface area (Å²) in [6, 6.07) is 6.85. The Labute approximate surface area is 202 Å². The molecular weight excluding hydrogens is 492 g/mol. The second-order valence-electron chi connectivity index (χ2n) is 8.32. The van der Waals surface area contributed by atoms with Crippen LogP contribution in [0.1, 0.15) is 37.3 Å². The van der Waals surface area contributed by atoms with Crippen molar-refractivity contribution in [3.05, 3.63) is 53.9 Å². The number of sulfonamides is 1. The van der Waals surface area contributed by atoms with E-state index < -0.39 is 32.3 Å². The van der Waals surface area contributed by atoms with Crippen molar-refractivity contribution in [3.8, 4) is 11.1 Å². The fourth-order valence-corrected chi connectivity index (χ4v) is 6.72. The number of halogens is 3. The third-order valence-electron chi connectivity index (χ3n) is 6.55. The van der Waals surface area contributed by atoms with Crippen molar-refractivity contribution in [1.82, 2.24) is 14.8 Å². The van der Waals surface area contributed by atoms with Crippen LogP contribution in [-0.2, 0) is 19.6 Å². The molecule has 2 aromatic rings. The van der Waals surface area contributed by atoms with Crippen molar-refractivity contribution in [2.24, 2.45) is 0 Å². The largest absolute Gasteiger partial charge is 0.381 e. The van der Waals surface area contributed by atoms with Crippen molar-refractivity contribution in [3.63, 3.8) is 0 Å². The number of ether oxygens (including phenoxy) is 1. The number of benzene rings is 1. The summed E-state index contributed by atoms with van der Waals surface area (Å²) in [5.74, 6) is -2.25. The van der Waals surface area contributed by atoms with Crippen molar-refractivity contribution < 1.29 is 31.9 Å². The molecule has 186 valence electrons. The highest BCUT2D eigenvalue weighted by Gasteiger charge is 2.54. The van der Waals surface area contributed by atoms with E-state index in [2.05, 4.69) is 4.98 Å². The molecule has 0 radical (unpaired) electrons. The van der Waals surface area contributed by atoms with Crippen LogP contribution in [0.25, 0.3) is 11.1 Å². The van der Waals surface area contributed by atoms with Crippen LogP contribution in [0.3, 0.4) is 0 Å². The lowest BCUT2D eigenvalue weighted by Crippen LogP contribution is -2.60. The van der Waals surface area contributed by atoms with Crippen LogP contribution in [0.5, 0.6) is 0 Å². The van der Waals surface area contributed by atoms with E-state index in [-0.39, 0.29) is 63.0 Å². The standard InChI is InChI=1S/C22H25F2N3O5S.ClH/c23-17-2-3-18(19(24)13-17)16-1-4-20(25-14-16)15-5-9-27(10-6-15)33(30,31)22(21(28)26-29)7-11-32-12-8-22;/h1-4,13-15,29H,5-12H2,(H,26,28);1H. The molecule has 34 heavy (non-hydrogen) atoms. The molecule has 0 aliphatic carbocycles. The first-order valence-corrected chi connectivity index (χ1v) is 12.2. The molecule has 0 atom stereocenters. The topological polar surface area (TPSA) is 109 Å². The van der Waals surface area contributed by atoms with E-state index in [9.17, 15) is 22.0 Å². The Bertz CT molecular complexity index is 1120. The molecule has 8 nitrogen and oxygen atoms in total. The summed E-state index contributed by atoms with van der Waals surface area (Å²) in [6.45, 7) is 0.663. The lowest BCUT2D eigenvalue weighted by atomic mass is 9.93. The van der Waals surface area contributed by atoms with Gasteiger partial charge < -0.3 is 4.74 Å². The molecule has 2 N–H and O–H groups in total. The van der Waals surface area contributed by atoms with Gasteiger partial charge in [-0.05, 0) is 31.0 Å². The number of amides is 1. The Kier molecular flexibility index (Phi) is 8.25. The summed E-state index contributed by atoms with van der Waals surface area (Å²) in [6.07, 6.45) is 2.49. The van der Waals surface area contributed by atoms with Crippen molar-refractivity contribution in [2.75, 3.05) is 26.3 Å². The summed E-state index contributed by atoms with van der Waals surface area (Å²) in [7, 11) is -4.03. The molecule has 0 bridgehead atoms. The zero-order chi connectivity index (χ0) is 23.6. The Morgan fingerprint density at radius 3 is 2.38 bits per heavy atom. The predicted octanol–water partition coefficient (Wildman–Crippen LogP) is 3.01. The van der Waals surface area contributed by atoms with Crippen LogP contribution in [-0.4, -0.2) is 59.9 Å². The molecule has 0 saturated carbocycles. The molecule has 1 amide bonds. The van der Waals surface area contributed by atoms with Gasteiger partial charge in [-0.2, -0.15) is 0 Å². The van der Waals surface area contributed by atoms with Gasteiger partial charge in [0, 0.05) is 74.1 Å². The number of carbonyl (C=O) groups is 1. The molecule has 3 heterocycles. The minimum absolute atomic E-state index is 0. The number of nitrogens with one attached hydrogen (secondary N) is 1. The van der Waals surface area contributed by atoms with Gasteiger partial charge in [-0.1, -0.05) is 6.07 Å². The van der Waals surface area contributed by atoms with E-state index in [0.717, 1.165) is 11.8 Å². The van der Waals surface area contributed by atoms with Gasteiger partial charge in [-0.3, -0.25) is 15.0 Å². The minimum Gasteiger partial charge on any atom is -0.381 e. The Morgan fingerprint density at radius 1 is 1.15 bits per heavy atom. The highest BCUT2D eigenvalue weighted by molar-refractivity contribution is 7.91. The quantitative estimate of drug-likeness (QED) is 0.466. The SMILES string of the molecule is Cl.O=C(NO)C1(S(=O)(=O)N2CCC(c3ccc(-c4ccc(F)cc4F)cn3)CC2)CCOCC1. The smallest absolute Gasteiger partial charge is 0.266 e. The van der Waals surface area contributed by atoms with E-state index in [1.807, 2.05) is 0 Å². The normalized spacial score (nSPS) is 19.3. The lowest BCUT2D eigenvalue weighted by molar-refractivity contribution is -0.134. The zero-order valence-corrected chi connectivity index (χ0v) is 19.9. The zero-order valence-electron chi connectivity index (χ0n) is 18.2. The third-order valence-corrected chi connectivity index (χ3v) is 9.18. The van der Waals surface area contributed by atoms with Gasteiger partial charge in [-0.25, -0.2) is 27.0 Å². The van der Waals surface area contributed by atoms with E-state index in [1.165, 1.54) is 28.1 Å². The van der Waals surface area contributed by atoms with E-state index >= 15 is 0 Å². The highest BCUT2D eigenvalue weighted by atomic mass is 35.5. The minimum atomic E-state index is -4.03. The summed E-state index contributed by atoms with van der Waals surface area (Å²) in [5.41, 5.74) is 3.05. The maximum absolute atomic E-state index is 14.0. The number of aromatic nitrogens is 1. The molecule has 0 unspecified atom stereocenters. The molecule has 2 aliphatic heterocycles. The molecule has 12 heteroatoms. The number of hydrogen-bond donors (Lipinski definition) is 2. The van der Waals surface area contributed by atoms with Crippen LogP contribution in [0, 0.1) is 11.6 Å². The summed E-state index contributed by atoms with van der Waals surface area (Å²) >= 11 is 0. The van der Waals surface area contributed by atoms with E-state index in [0.29, 0.717) is 18.4 Å². The number of hydroxylamine groups is 1. The molecule has 4 rings (SSSR count). The fourth-order valence-electron chi connectivity index (χ4n) is 4.57. The van der Waals surface area contributed by atoms with Gasteiger partial charge in [0.15, 0.2) is 4.75 Å². The van der Waals surface area contributed by atoms with Gasteiger partial charge in [0.05, 0.1) is 0 Å². The number of piperidine rings is 1. The number of pyridine rings is 1. The first-order chi connectivity index (χ1) is 15.8. The molecule has 2 fully saturated rings. The van der Waals surface area contributed by atoms with Gasteiger partial charge in [-0.15, -0.1) is 12.4 Å². The average molecular weight is 518 g/mol. The predicted molar refractivity (Wildman–Crippen MR) is 122 cm³/mol. The first kappa shape index (κ1) is 26.4. The van der Waals surface area contributed by atoms with Crippen LogP contribution in [0.15, 0.2) is 36.5 Å². The molecule has 2 saturated heterocycles. The maximum Gasteiger partial charge on any atom is 0.266 e. The Hall–Kier alpha value is -2.18. The van der Waals surface area contributed by atoms with Crippen molar-refractivity contribution in [2.45, 2.75) is 36.3 Å². The monoisotopic (exact) mass is 517 g/mol. The second kappa shape index (κ2) is 10.6. The van der Waals surface area contributed by atoms with E-state index in [1.54, 1.807) is 12.1 Å². The molecular formula is C22H26ClF2N3O5S. The average Bonchev–Trinajstić information content (AvgIpc) is 2.84.